The Morgan fingerprint density at radius 2 is 2.00 bits per heavy atom. The topological polar surface area (TPSA) is 25.8 Å². The first kappa shape index (κ1) is 12.9. The molecule has 0 bridgehead atoms. The molecule has 1 aliphatic rings. The van der Waals surface area contributed by atoms with E-state index in [1.165, 1.54) is 16.7 Å². The van der Waals surface area contributed by atoms with Crippen molar-refractivity contribution < 1.29 is 0 Å². The number of fused-ring (bicyclic) bond motifs is 1. The molecular weight excluding hydrogens is 276 g/mol. The van der Waals surface area contributed by atoms with Crippen molar-refractivity contribution in [3.8, 4) is 0 Å². The summed E-state index contributed by atoms with van der Waals surface area (Å²) in [6.07, 6.45) is 0.749. The van der Waals surface area contributed by atoms with Gasteiger partial charge in [-0.25, -0.2) is 9.97 Å². The third-order valence-electron chi connectivity index (χ3n) is 3.51. The second-order valence-corrected chi connectivity index (χ2v) is 6.29. The largest absolute Gasteiger partial charge is 0.236 e. The molecule has 2 aromatic rings. The van der Waals surface area contributed by atoms with Gasteiger partial charge in [0.2, 0.25) is 0 Å². The van der Waals surface area contributed by atoms with E-state index in [1.807, 2.05) is 11.8 Å². The highest BCUT2D eigenvalue weighted by Crippen LogP contribution is 2.32. The zero-order valence-corrected chi connectivity index (χ0v) is 12.6. The molecule has 3 rings (SSSR count). The van der Waals surface area contributed by atoms with E-state index in [2.05, 4.69) is 42.0 Å². The highest BCUT2D eigenvalue weighted by molar-refractivity contribution is 7.98. The van der Waals surface area contributed by atoms with E-state index in [-0.39, 0.29) is 0 Å². The summed E-state index contributed by atoms with van der Waals surface area (Å²) in [5.41, 5.74) is 6.09. The summed E-state index contributed by atoms with van der Waals surface area (Å²) in [6, 6.07) is 6.49. The summed E-state index contributed by atoms with van der Waals surface area (Å²) in [6.45, 7) is 4.26. The Balaban J connectivity index is 1.91. The van der Waals surface area contributed by atoms with Gasteiger partial charge < -0.3 is 0 Å². The van der Waals surface area contributed by atoms with Crippen molar-refractivity contribution in [2.24, 2.45) is 0 Å². The molecule has 0 saturated carbocycles. The highest BCUT2D eigenvalue weighted by atomic mass is 35.5. The Bertz CT molecular complexity index is 640. The number of aromatic nitrogens is 2. The first-order chi connectivity index (χ1) is 9.13. The molecule has 98 valence electrons. The van der Waals surface area contributed by atoms with E-state index >= 15 is 0 Å². The maximum Gasteiger partial charge on any atom is 0.137 e. The molecule has 4 heteroatoms. The van der Waals surface area contributed by atoms with Gasteiger partial charge in [-0.05, 0) is 30.5 Å². The minimum absolute atomic E-state index is 0.633. The molecule has 1 aromatic carbocycles. The van der Waals surface area contributed by atoms with Gasteiger partial charge in [0.15, 0.2) is 0 Å². The Morgan fingerprint density at radius 3 is 2.79 bits per heavy atom. The molecule has 0 amide bonds. The second-order valence-electron chi connectivity index (χ2n) is 4.94. The lowest BCUT2D eigenvalue weighted by Gasteiger charge is -2.07. The van der Waals surface area contributed by atoms with Crippen LogP contribution in [0.1, 0.15) is 33.8 Å². The molecule has 0 atom stereocenters. The lowest BCUT2D eigenvalue weighted by Crippen LogP contribution is -2.02. The van der Waals surface area contributed by atoms with Crippen LogP contribution in [0, 0.1) is 13.8 Å². The van der Waals surface area contributed by atoms with Crippen molar-refractivity contribution in [2.45, 2.75) is 31.8 Å². The third kappa shape index (κ3) is 2.63. The van der Waals surface area contributed by atoms with E-state index in [1.54, 1.807) is 0 Å². The molecule has 0 radical (unpaired) electrons. The molecular formula is C15H15ClN2S. The Hall–Kier alpha value is -1.06. The number of hydrogen-bond acceptors (Lipinski definition) is 3. The van der Waals surface area contributed by atoms with Crippen molar-refractivity contribution >= 4 is 23.4 Å². The van der Waals surface area contributed by atoms with E-state index in [0.29, 0.717) is 5.15 Å². The molecule has 0 unspecified atom stereocenters. The van der Waals surface area contributed by atoms with Gasteiger partial charge in [-0.3, -0.25) is 0 Å². The fraction of sp³-hybridized carbons (Fsp3) is 0.333. The van der Waals surface area contributed by atoms with Crippen LogP contribution in [0.4, 0.5) is 0 Å². The highest BCUT2D eigenvalue weighted by Gasteiger charge is 2.18. The number of halogens is 1. The molecule has 0 aliphatic carbocycles. The predicted octanol–water partition coefficient (Wildman–Crippen LogP) is 4.08. The first-order valence-electron chi connectivity index (χ1n) is 6.31. The van der Waals surface area contributed by atoms with Crippen LogP contribution in [0.5, 0.6) is 0 Å². The molecule has 0 N–H and O–H groups in total. The van der Waals surface area contributed by atoms with Crippen molar-refractivity contribution in [1.82, 2.24) is 9.97 Å². The van der Waals surface area contributed by atoms with Gasteiger partial charge in [0, 0.05) is 23.5 Å². The van der Waals surface area contributed by atoms with Crippen LogP contribution in [0.25, 0.3) is 0 Å². The molecule has 2 nitrogen and oxygen atoms in total. The van der Waals surface area contributed by atoms with Crippen LogP contribution in [-0.2, 0) is 17.9 Å². The van der Waals surface area contributed by atoms with Crippen LogP contribution < -0.4 is 0 Å². The summed E-state index contributed by atoms with van der Waals surface area (Å²) < 4.78 is 0. The van der Waals surface area contributed by atoms with E-state index < -0.39 is 0 Å². The van der Waals surface area contributed by atoms with Crippen LogP contribution in [0.3, 0.4) is 0 Å². The van der Waals surface area contributed by atoms with Gasteiger partial charge in [-0.1, -0.05) is 29.8 Å². The number of hydrogen-bond donors (Lipinski definition) is 0. The zero-order chi connectivity index (χ0) is 13.4. The summed E-state index contributed by atoms with van der Waals surface area (Å²) >= 11 is 8.08. The number of aryl methyl sites for hydroxylation is 2. The maximum absolute atomic E-state index is 6.23. The molecule has 0 saturated heterocycles. The number of nitrogens with zero attached hydrogens (tertiary/aromatic N) is 2. The first-order valence-corrected chi connectivity index (χ1v) is 7.85. The van der Waals surface area contributed by atoms with Gasteiger partial charge in [0.05, 0.1) is 5.69 Å². The van der Waals surface area contributed by atoms with Gasteiger partial charge in [0.25, 0.3) is 0 Å². The average Bonchev–Trinajstić information content (AvgIpc) is 2.82. The quantitative estimate of drug-likeness (QED) is 0.779. The summed E-state index contributed by atoms with van der Waals surface area (Å²) in [4.78, 5) is 9.08. The lowest BCUT2D eigenvalue weighted by atomic mass is 10.0. The van der Waals surface area contributed by atoms with E-state index in [4.69, 9.17) is 11.6 Å². The molecule has 0 fully saturated rings. The van der Waals surface area contributed by atoms with Gasteiger partial charge >= 0.3 is 0 Å². The molecule has 19 heavy (non-hydrogen) atoms. The summed E-state index contributed by atoms with van der Waals surface area (Å²) in [7, 11) is 0. The smallest absolute Gasteiger partial charge is 0.137 e. The fourth-order valence-electron chi connectivity index (χ4n) is 2.24. The molecule has 1 aliphatic heterocycles. The Morgan fingerprint density at radius 1 is 1.16 bits per heavy atom. The molecule has 2 heterocycles. The summed E-state index contributed by atoms with van der Waals surface area (Å²) in [5, 5.41) is 0.633. The van der Waals surface area contributed by atoms with Crippen LogP contribution in [0.2, 0.25) is 5.15 Å². The minimum atomic E-state index is 0.633. The number of benzene rings is 1. The van der Waals surface area contributed by atoms with Crippen molar-refractivity contribution in [2.75, 3.05) is 0 Å². The van der Waals surface area contributed by atoms with Crippen LogP contribution in [-0.4, -0.2) is 9.97 Å². The standard InChI is InChI=1S/C15H15ClN2S/c1-9-3-4-11(5-10(9)2)6-14-17-13-8-19-7-12(13)15(16)18-14/h3-5H,6-8H2,1-2H3. The normalized spacial score (nSPS) is 13.6. The zero-order valence-electron chi connectivity index (χ0n) is 11.0. The van der Waals surface area contributed by atoms with Crippen molar-refractivity contribution in [3.63, 3.8) is 0 Å². The second kappa shape index (κ2) is 5.14. The lowest BCUT2D eigenvalue weighted by molar-refractivity contribution is 0.926. The monoisotopic (exact) mass is 290 g/mol. The van der Waals surface area contributed by atoms with Crippen molar-refractivity contribution in [3.05, 3.63) is 57.1 Å². The SMILES string of the molecule is Cc1ccc(Cc2nc(Cl)c3c(n2)CSC3)cc1C. The fourth-order valence-corrected chi connectivity index (χ4v) is 3.63. The van der Waals surface area contributed by atoms with Crippen molar-refractivity contribution in [1.29, 1.82) is 0 Å². The molecule has 0 spiro atoms. The number of rotatable bonds is 2. The van der Waals surface area contributed by atoms with E-state index in [0.717, 1.165) is 35.0 Å². The maximum atomic E-state index is 6.23. The van der Waals surface area contributed by atoms with Crippen LogP contribution >= 0.6 is 23.4 Å². The Labute approximate surface area is 122 Å². The van der Waals surface area contributed by atoms with Gasteiger partial charge in [0.1, 0.15) is 11.0 Å². The number of thioether (sulfide) groups is 1. The predicted molar refractivity (Wildman–Crippen MR) is 80.8 cm³/mol. The van der Waals surface area contributed by atoms with Crippen LogP contribution in [0.15, 0.2) is 18.2 Å². The summed E-state index contributed by atoms with van der Waals surface area (Å²) in [5.74, 6) is 2.73. The molecule has 1 aromatic heterocycles. The third-order valence-corrected chi connectivity index (χ3v) is 4.79. The van der Waals surface area contributed by atoms with Gasteiger partial charge in [-0.2, -0.15) is 11.8 Å². The van der Waals surface area contributed by atoms with Gasteiger partial charge in [-0.15, -0.1) is 0 Å². The average molecular weight is 291 g/mol. The van der Waals surface area contributed by atoms with E-state index in [9.17, 15) is 0 Å². The Kier molecular flexibility index (Phi) is 3.50. The minimum Gasteiger partial charge on any atom is -0.236 e.